The minimum Gasteiger partial charge on any atom is -0.469 e. The van der Waals surface area contributed by atoms with Gasteiger partial charge in [-0.15, -0.1) is 0 Å². The Labute approximate surface area is 108 Å². The van der Waals surface area contributed by atoms with E-state index in [4.69, 9.17) is 0 Å². The molecule has 1 spiro atoms. The number of amides is 3. The summed E-state index contributed by atoms with van der Waals surface area (Å²) < 4.78 is 9.27. The zero-order valence-corrected chi connectivity index (χ0v) is 10.5. The van der Waals surface area contributed by atoms with Gasteiger partial charge >= 0.3 is 18.0 Å². The highest BCUT2D eigenvalue weighted by atomic mass is 16.5. The molecule has 1 saturated heterocycles. The van der Waals surface area contributed by atoms with Gasteiger partial charge in [0.15, 0.2) is 0 Å². The van der Waals surface area contributed by atoms with Crippen LogP contribution in [0.3, 0.4) is 0 Å². The number of urea groups is 1. The highest BCUT2D eigenvalue weighted by Crippen LogP contribution is 2.42. The first-order chi connectivity index (χ1) is 8.93. The van der Waals surface area contributed by atoms with Gasteiger partial charge < -0.3 is 14.8 Å². The molecule has 0 bridgehead atoms. The van der Waals surface area contributed by atoms with Gasteiger partial charge in [-0.2, -0.15) is 0 Å². The molecule has 0 radical (unpaired) electrons. The van der Waals surface area contributed by atoms with Crippen molar-refractivity contribution in [2.45, 2.75) is 18.4 Å². The van der Waals surface area contributed by atoms with Gasteiger partial charge in [-0.1, -0.05) is 0 Å². The van der Waals surface area contributed by atoms with Crippen LogP contribution in [0.15, 0.2) is 0 Å². The molecule has 2 fully saturated rings. The quantitative estimate of drug-likeness (QED) is 0.488. The lowest BCUT2D eigenvalue weighted by molar-refractivity contribution is -0.156. The molecule has 1 aliphatic carbocycles. The maximum atomic E-state index is 11.8. The molecule has 0 aromatic heterocycles. The van der Waals surface area contributed by atoms with E-state index in [1.54, 1.807) is 0 Å². The first-order valence-electron chi connectivity index (χ1n) is 5.73. The van der Waals surface area contributed by atoms with Crippen LogP contribution in [0.25, 0.3) is 0 Å². The number of hydrogen-bond donors (Lipinski definition) is 2. The van der Waals surface area contributed by atoms with E-state index in [1.165, 1.54) is 14.2 Å². The summed E-state index contributed by atoms with van der Waals surface area (Å²) in [5, 5.41) is 4.59. The molecule has 19 heavy (non-hydrogen) atoms. The summed E-state index contributed by atoms with van der Waals surface area (Å²) in [4.78, 5) is 46.5. The van der Waals surface area contributed by atoms with E-state index in [0.717, 1.165) is 0 Å². The Bertz CT molecular complexity index is 436. The van der Waals surface area contributed by atoms with E-state index >= 15 is 0 Å². The van der Waals surface area contributed by atoms with E-state index in [1.807, 2.05) is 0 Å². The third-order valence-corrected chi connectivity index (χ3v) is 3.64. The third kappa shape index (κ3) is 2.02. The second-order valence-corrected chi connectivity index (χ2v) is 4.66. The Kier molecular flexibility index (Phi) is 3.17. The predicted molar refractivity (Wildman–Crippen MR) is 59.7 cm³/mol. The molecule has 1 saturated carbocycles. The molecule has 0 aromatic rings. The second-order valence-electron chi connectivity index (χ2n) is 4.66. The summed E-state index contributed by atoms with van der Waals surface area (Å²) in [6.07, 6.45) is 0.0496. The van der Waals surface area contributed by atoms with Gasteiger partial charge in [-0.25, -0.2) is 4.79 Å². The lowest BCUT2D eigenvalue weighted by Crippen LogP contribution is -2.45. The zero-order chi connectivity index (χ0) is 14.2. The van der Waals surface area contributed by atoms with Crippen LogP contribution < -0.4 is 10.6 Å². The monoisotopic (exact) mass is 270 g/mol. The Morgan fingerprint density at radius 3 is 1.89 bits per heavy atom. The van der Waals surface area contributed by atoms with Gasteiger partial charge in [0.05, 0.1) is 26.1 Å². The topological polar surface area (TPSA) is 111 Å². The maximum Gasteiger partial charge on any atom is 0.322 e. The van der Waals surface area contributed by atoms with E-state index in [0.29, 0.717) is 0 Å². The van der Waals surface area contributed by atoms with E-state index < -0.39 is 41.3 Å². The van der Waals surface area contributed by atoms with Crippen molar-refractivity contribution in [2.24, 2.45) is 11.8 Å². The van der Waals surface area contributed by atoms with Gasteiger partial charge in [0.1, 0.15) is 5.54 Å². The highest BCUT2D eigenvalue weighted by Gasteiger charge is 2.59. The van der Waals surface area contributed by atoms with Crippen molar-refractivity contribution < 1.29 is 28.7 Å². The smallest absolute Gasteiger partial charge is 0.322 e. The van der Waals surface area contributed by atoms with Crippen LogP contribution in [0.5, 0.6) is 0 Å². The molecule has 8 nitrogen and oxygen atoms in total. The summed E-state index contributed by atoms with van der Waals surface area (Å²) in [5.74, 6) is -3.33. The number of esters is 2. The molecule has 2 N–H and O–H groups in total. The van der Waals surface area contributed by atoms with Crippen molar-refractivity contribution in [1.82, 2.24) is 10.6 Å². The molecule has 3 amide bonds. The fourth-order valence-corrected chi connectivity index (χ4v) is 2.73. The van der Waals surface area contributed by atoms with Crippen molar-refractivity contribution in [1.29, 1.82) is 0 Å². The van der Waals surface area contributed by atoms with Gasteiger partial charge in [0, 0.05) is 0 Å². The van der Waals surface area contributed by atoms with Gasteiger partial charge in [-0.05, 0) is 12.8 Å². The average Bonchev–Trinajstić information content (AvgIpc) is 2.89. The summed E-state index contributed by atoms with van der Waals surface area (Å²) in [6, 6.07) is -0.626. The van der Waals surface area contributed by atoms with Crippen LogP contribution in [0.4, 0.5) is 4.79 Å². The third-order valence-electron chi connectivity index (χ3n) is 3.64. The van der Waals surface area contributed by atoms with Gasteiger partial charge in [0.25, 0.3) is 5.91 Å². The minimum atomic E-state index is -1.23. The molecule has 8 heteroatoms. The fourth-order valence-electron chi connectivity index (χ4n) is 2.73. The number of imide groups is 1. The summed E-state index contributed by atoms with van der Waals surface area (Å²) in [6.45, 7) is 0. The standard InChI is InChI=1S/C11H14N2O6/c1-18-7(14)5-3-11(4-6(5)8(15)19-2)9(16)12-10(17)13-11/h5-6H,3-4H2,1-2H3,(H2,12,13,16,17)/t5-,6+,11?. The Morgan fingerprint density at radius 2 is 1.58 bits per heavy atom. The normalized spacial score (nSPS) is 32.9. The summed E-state index contributed by atoms with van der Waals surface area (Å²) in [5.41, 5.74) is -1.23. The number of carbonyl (C=O) groups is 4. The van der Waals surface area contributed by atoms with Crippen LogP contribution in [-0.4, -0.2) is 43.6 Å². The first kappa shape index (κ1) is 13.3. The van der Waals surface area contributed by atoms with Crippen molar-refractivity contribution in [3.05, 3.63) is 0 Å². The van der Waals surface area contributed by atoms with Gasteiger partial charge in [0.2, 0.25) is 0 Å². The summed E-state index contributed by atoms with van der Waals surface area (Å²) in [7, 11) is 2.41. The largest absolute Gasteiger partial charge is 0.469 e. The fraction of sp³-hybridized carbons (Fsp3) is 0.636. The number of hydrogen-bond acceptors (Lipinski definition) is 6. The van der Waals surface area contributed by atoms with E-state index in [2.05, 4.69) is 20.1 Å². The van der Waals surface area contributed by atoms with Crippen LogP contribution in [0.1, 0.15) is 12.8 Å². The highest BCUT2D eigenvalue weighted by molar-refractivity contribution is 6.08. The van der Waals surface area contributed by atoms with Crippen LogP contribution in [0, 0.1) is 11.8 Å². The van der Waals surface area contributed by atoms with Crippen molar-refractivity contribution in [2.75, 3.05) is 14.2 Å². The number of methoxy groups -OCH3 is 2. The van der Waals surface area contributed by atoms with Crippen molar-refractivity contribution >= 4 is 23.9 Å². The van der Waals surface area contributed by atoms with Crippen molar-refractivity contribution in [3.63, 3.8) is 0 Å². The molecule has 1 aliphatic heterocycles. The minimum absolute atomic E-state index is 0.0248. The van der Waals surface area contributed by atoms with Crippen LogP contribution in [0.2, 0.25) is 0 Å². The number of ether oxygens (including phenoxy) is 2. The van der Waals surface area contributed by atoms with Gasteiger partial charge in [-0.3, -0.25) is 19.7 Å². The lowest BCUT2D eigenvalue weighted by atomic mass is 9.96. The lowest BCUT2D eigenvalue weighted by Gasteiger charge is -2.18. The molecular formula is C11H14N2O6. The number of carbonyl (C=O) groups excluding carboxylic acids is 4. The predicted octanol–water partition coefficient (Wildman–Crippen LogP) is -1.06. The summed E-state index contributed by atoms with van der Waals surface area (Å²) >= 11 is 0. The van der Waals surface area contributed by atoms with Crippen LogP contribution in [-0.2, 0) is 23.9 Å². The van der Waals surface area contributed by atoms with Crippen molar-refractivity contribution in [3.8, 4) is 0 Å². The zero-order valence-electron chi connectivity index (χ0n) is 10.5. The molecule has 2 aliphatic rings. The van der Waals surface area contributed by atoms with Crippen LogP contribution >= 0.6 is 0 Å². The molecule has 1 unspecified atom stereocenters. The molecule has 1 heterocycles. The molecule has 2 rings (SSSR count). The Balaban J connectivity index is 2.29. The maximum absolute atomic E-state index is 11.8. The van der Waals surface area contributed by atoms with E-state index in [9.17, 15) is 19.2 Å². The SMILES string of the molecule is COC(=O)[C@H]1CC2(C[C@H]1C(=O)OC)NC(=O)NC2=O. The molecular weight excluding hydrogens is 256 g/mol. The Hall–Kier alpha value is -2.12. The Morgan fingerprint density at radius 1 is 1.11 bits per heavy atom. The average molecular weight is 270 g/mol. The second kappa shape index (κ2) is 4.52. The molecule has 104 valence electrons. The van der Waals surface area contributed by atoms with E-state index in [-0.39, 0.29) is 12.8 Å². The first-order valence-corrected chi connectivity index (χ1v) is 5.73. The molecule has 3 atom stereocenters. The number of nitrogens with one attached hydrogen (secondary N) is 2. The number of rotatable bonds is 2. The molecule has 0 aromatic carbocycles.